The number of hydrogen-bond donors (Lipinski definition) is 0. The van der Waals surface area contributed by atoms with Crippen LogP contribution in [0.1, 0.15) is 32.3 Å². The van der Waals surface area contributed by atoms with Crippen molar-refractivity contribution in [3.63, 3.8) is 0 Å². The molecule has 1 aromatic carbocycles. The zero-order valence-corrected chi connectivity index (χ0v) is 11.4. The summed E-state index contributed by atoms with van der Waals surface area (Å²) in [5.41, 5.74) is 1.50. The smallest absolute Gasteiger partial charge is 0.308 e. The van der Waals surface area contributed by atoms with Gasteiger partial charge in [0.1, 0.15) is 5.75 Å². The van der Waals surface area contributed by atoms with Crippen LogP contribution in [-0.2, 0) is 10.2 Å². The van der Waals surface area contributed by atoms with Gasteiger partial charge in [0.15, 0.2) is 0 Å². The summed E-state index contributed by atoms with van der Waals surface area (Å²) in [6.07, 6.45) is 2.28. The Kier molecular flexibility index (Phi) is 3.71. The summed E-state index contributed by atoms with van der Waals surface area (Å²) in [4.78, 5) is 13.4. The van der Waals surface area contributed by atoms with Crippen molar-refractivity contribution in [1.29, 1.82) is 0 Å². The van der Waals surface area contributed by atoms with Gasteiger partial charge in [0, 0.05) is 18.9 Å². The van der Waals surface area contributed by atoms with Crippen LogP contribution >= 0.6 is 0 Å². The lowest BCUT2D eigenvalue weighted by Gasteiger charge is -2.28. The van der Waals surface area contributed by atoms with Gasteiger partial charge in [-0.15, -0.1) is 0 Å². The van der Waals surface area contributed by atoms with E-state index in [0.717, 1.165) is 19.5 Å². The molecule has 3 nitrogen and oxygen atoms in total. The number of hydrogen-bond acceptors (Lipinski definition) is 3. The predicted octanol–water partition coefficient (Wildman–Crippen LogP) is 2.60. The van der Waals surface area contributed by atoms with Crippen molar-refractivity contribution in [2.24, 2.45) is 0 Å². The minimum atomic E-state index is -0.263. The topological polar surface area (TPSA) is 29.5 Å². The third kappa shape index (κ3) is 2.56. The summed E-state index contributed by atoms with van der Waals surface area (Å²) in [6.45, 7) is 5.88. The predicted molar refractivity (Wildman–Crippen MR) is 71.8 cm³/mol. The lowest BCUT2D eigenvalue weighted by Crippen LogP contribution is -2.28. The van der Waals surface area contributed by atoms with Crippen LogP contribution in [0.2, 0.25) is 0 Å². The number of carbonyl (C=O) groups is 1. The first-order valence-corrected chi connectivity index (χ1v) is 6.53. The van der Waals surface area contributed by atoms with E-state index in [1.807, 2.05) is 18.2 Å². The molecule has 1 fully saturated rings. The second-order valence-corrected chi connectivity index (χ2v) is 5.24. The molecule has 0 spiro atoms. The van der Waals surface area contributed by atoms with E-state index >= 15 is 0 Å². The average molecular weight is 247 g/mol. The summed E-state index contributed by atoms with van der Waals surface area (Å²) in [7, 11) is 2.16. The highest BCUT2D eigenvalue weighted by Crippen LogP contribution is 2.38. The fraction of sp³-hybridized carbons (Fsp3) is 0.533. The van der Waals surface area contributed by atoms with E-state index in [-0.39, 0.29) is 11.4 Å². The summed E-state index contributed by atoms with van der Waals surface area (Å²) < 4.78 is 5.18. The van der Waals surface area contributed by atoms with Gasteiger partial charge in [-0.3, -0.25) is 4.79 Å². The maximum absolute atomic E-state index is 11.0. The Balaban J connectivity index is 2.29. The molecule has 0 bridgehead atoms. The summed E-state index contributed by atoms with van der Waals surface area (Å²) in [5, 5.41) is 0. The largest absolute Gasteiger partial charge is 0.427 e. The molecule has 1 aliphatic rings. The molecule has 18 heavy (non-hydrogen) atoms. The van der Waals surface area contributed by atoms with Crippen LogP contribution in [0.3, 0.4) is 0 Å². The van der Waals surface area contributed by atoms with Gasteiger partial charge in [0.25, 0.3) is 0 Å². The molecule has 1 saturated heterocycles. The van der Waals surface area contributed by atoms with Gasteiger partial charge in [-0.1, -0.05) is 19.1 Å². The van der Waals surface area contributed by atoms with Gasteiger partial charge >= 0.3 is 5.97 Å². The molecule has 0 N–H and O–H groups in total. The fourth-order valence-corrected chi connectivity index (χ4v) is 2.86. The second kappa shape index (κ2) is 5.11. The van der Waals surface area contributed by atoms with Crippen LogP contribution in [0.5, 0.6) is 5.75 Å². The maximum Gasteiger partial charge on any atom is 0.308 e. The Labute approximate surface area is 109 Å². The molecule has 2 rings (SSSR count). The van der Waals surface area contributed by atoms with Crippen LogP contribution in [-0.4, -0.2) is 31.0 Å². The molecular formula is C15H21NO2. The molecule has 0 amide bonds. The molecule has 1 heterocycles. The van der Waals surface area contributed by atoms with Crippen LogP contribution in [0.25, 0.3) is 0 Å². The summed E-state index contributed by atoms with van der Waals surface area (Å²) in [5.74, 6) is 0.392. The number of rotatable bonds is 3. The Morgan fingerprint density at radius 2 is 2.28 bits per heavy atom. The van der Waals surface area contributed by atoms with Crippen molar-refractivity contribution in [3.8, 4) is 5.75 Å². The normalized spacial score (nSPS) is 24.2. The lowest BCUT2D eigenvalue weighted by atomic mass is 9.77. The molecule has 0 aromatic heterocycles. The zero-order chi connectivity index (χ0) is 13.2. The van der Waals surface area contributed by atoms with Crippen molar-refractivity contribution >= 4 is 5.97 Å². The van der Waals surface area contributed by atoms with Gasteiger partial charge in [-0.2, -0.15) is 0 Å². The van der Waals surface area contributed by atoms with Crippen LogP contribution in [0.4, 0.5) is 0 Å². The Morgan fingerprint density at radius 1 is 1.50 bits per heavy atom. The lowest BCUT2D eigenvalue weighted by molar-refractivity contribution is -0.131. The molecule has 1 unspecified atom stereocenters. The molecule has 1 aliphatic heterocycles. The van der Waals surface area contributed by atoms with E-state index in [9.17, 15) is 4.79 Å². The number of ether oxygens (including phenoxy) is 1. The van der Waals surface area contributed by atoms with Gasteiger partial charge in [0.2, 0.25) is 0 Å². The molecule has 0 radical (unpaired) electrons. The molecule has 0 aliphatic carbocycles. The second-order valence-electron chi connectivity index (χ2n) is 5.24. The van der Waals surface area contributed by atoms with Crippen molar-refractivity contribution < 1.29 is 9.53 Å². The van der Waals surface area contributed by atoms with Gasteiger partial charge in [0.05, 0.1) is 0 Å². The Hall–Kier alpha value is -1.35. The van der Waals surface area contributed by atoms with Gasteiger partial charge in [-0.25, -0.2) is 0 Å². The molecule has 98 valence electrons. The monoisotopic (exact) mass is 247 g/mol. The number of nitrogens with zero attached hydrogens (tertiary/aromatic N) is 1. The van der Waals surface area contributed by atoms with E-state index in [4.69, 9.17) is 4.74 Å². The van der Waals surface area contributed by atoms with Crippen molar-refractivity contribution in [3.05, 3.63) is 29.8 Å². The van der Waals surface area contributed by atoms with E-state index in [1.165, 1.54) is 18.9 Å². The standard InChI is InChI=1S/C15H21NO2/c1-4-15(8-9-16(3)11-15)13-6-5-7-14(10-13)18-12(2)17/h5-7,10H,4,8-9,11H2,1-3H3. The number of esters is 1. The summed E-state index contributed by atoms with van der Waals surface area (Å²) in [6, 6.07) is 7.98. The fourth-order valence-electron chi connectivity index (χ4n) is 2.86. The maximum atomic E-state index is 11.0. The number of benzene rings is 1. The van der Waals surface area contributed by atoms with E-state index in [2.05, 4.69) is 24.9 Å². The first-order valence-electron chi connectivity index (χ1n) is 6.53. The van der Waals surface area contributed by atoms with Crippen molar-refractivity contribution in [1.82, 2.24) is 4.90 Å². The molecule has 3 heteroatoms. The highest BCUT2D eigenvalue weighted by Gasteiger charge is 2.36. The Bertz CT molecular complexity index is 444. The van der Waals surface area contributed by atoms with Crippen LogP contribution in [0, 0.1) is 0 Å². The highest BCUT2D eigenvalue weighted by atomic mass is 16.5. The SMILES string of the molecule is CCC1(c2cccc(OC(C)=O)c2)CCN(C)C1. The first kappa shape index (κ1) is 13.1. The third-order valence-corrected chi connectivity index (χ3v) is 3.93. The molecule has 1 atom stereocenters. The quantitative estimate of drug-likeness (QED) is 0.607. The average Bonchev–Trinajstić information content (AvgIpc) is 2.72. The minimum absolute atomic E-state index is 0.213. The van der Waals surface area contributed by atoms with Gasteiger partial charge in [-0.05, 0) is 44.1 Å². The number of carbonyl (C=O) groups excluding carboxylic acids is 1. The first-order chi connectivity index (χ1) is 8.55. The van der Waals surface area contributed by atoms with Gasteiger partial charge < -0.3 is 9.64 Å². The van der Waals surface area contributed by atoms with Crippen molar-refractivity contribution in [2.75, 3.05) is 20.1 Å². The van der Waals surface area contributed by atoms with E-state index in [1.54, 1.807) is 0 Å². The van der Waals surface area contributed by atoms with E-state index < -0.39 is 0 Å². The van der Waals surface area contributed by atoms with E-state index in [0.29, 0.717) is 5.75 Å². The molecule has 1 aromatic rings. The highest BCUT2D eigenvalue weighted by molar-refractivity contribution is 5.69. The number of likely N-dealkylation sites (N-methyl/N-ethyl adjacent to an activating group) is 1. The molecule has 0 saturated carbocycles. The number of likely N-dealkylation sites (tertiary alicyclic amines) is 1. The molecular weight excluding hydrogens is 226 g/mol. The van der Waals surface area contributed by atoms with Crippen molar-refractivity contribution in [2.45, 2.75) is 32.1 Å². The zero-order valence-electron chi connectivity index (χ0n) is 11.4. The van der Waals surface area contributed by atoms with Crippen LogP contribution < -0.4 is 4.74 Å². The summed E-state index contributed by atoms with van der Waals surface area (Å²) >= 11 is 0. The Morgan fingerprint density at radius 3 is 2.83 bits per heavy atom. The van der Waals surface area contributed by atoms with Crippen LogP contribution in [0.15, 0.2) is 24.3 Å². The third-order valence-electron chi connectivity index (χ3n) is 3.93. The minimum Gasteiger partial charge on any atom is -0.427 e.